The van der Waals surface area contributed by atoms with Crippen molar-refractivity contribution in [2.45, 2.75) is 19.0 Å². The number of amides is 1. The summed E-state index contributed by atoms with van der Waals surface area (Å²) in [5.74, 6) is -4.96. The van der Waals surface area contributed by atoms with Gasteiger partial charge in [-0.15, -0.1) is 0 Å². The van der Waals surface area contributed by atoms with E-state index in [-0.39, 0.29) is 0 Å². The Balaban J connectivity index is 4.37. The van der Waals surface area contributed by atoms with Crippen LogP contribution >= 0.6 is 0 Å². The molecule has 3 N–H and O–H groups in total. The molecule has 0 aromatic rings. The van der Waals surface area contributed by atoms with Gasteiger partial charge in [0.15, 0.2) is 0 Å². The van der Waals surface area contributed by atoms with Gasteiger partial charge in [0.25, 0.3) is 0 Å². The maximum absolute atomic E-state index is 12.0. The van der Waals surface area contributed by atoms with Crippen LogP contribution in [-0.2, 0) is 9.59 Å². The number of aliphatic carboxylic acids is 1. The molecule has 0 bridgehead atoms. The van der Waals surface area contributed by atoms with E-state index in [4.69, 9.17) is 5.11 Å². The highest BCUT2D eigenvalue weighted by Gasteiger charge is 2.41. The summed E-state index contributed by atoms with van der Waals surface area (Å²) in [5.41, 5.74) is 4.53. The number of hydrogen-bond acceptors (Lipinski definition) is 2. The number of rotatable bonds is 4. The number of primary amides is 1. The zero-order chi connectivity index (χ0) is 10.6. The summed E-state index contributed by atoms with van der Waals surface area (Å²) in [5, 5.41) is 8.11. The second-order valence-corrected chi connectivity index (χ2v) is 2.51. The van der Waals surface area contributed by atoms with Crippen molar-refractivity contribution in [2.24, 2.45) is 11.7 Å². The molecule has 0 rings (SSSR count). The summed E-state index contributed by atoms with van der Waals surface area (Å²) in [6, 6.07) is 0. The second-order valence-electron chi connectivity index (χ2n) is 2.51. The molecule has 0 spiro atoms. The number of nitrogens with two attached hydrogens (primary N) is 1. The van der Waals surface area contributed by atoms with E-state index >= 15 is 0 Å². The molecule has 0 radical (unpaired) electrons. The van der Waals surface area contributed by atoms with Crippen LogP contribution in [0.15, 0.2) is 0 Å². The predicted octanol–water partition coefficient (Wildman–Crippen LogP) is 0.515. The zero-order valence-corrected chi connectivity index (χ0v) is 6.47. The minimum absolute atomic E-state index is 0.990. The minimum Gasteiger partial charge on any atom is -0.481 e. The Kier molecular flexibility index (Phi) is 3.70. The third kappa shape index (κ3) is 5.05. The van der Waals surface area contributed by atoms with Gasteiger partial charge in [-0.3, -0.25) is 9.59 Å². The van der Waals surface area contributed by atoms with Crippen LogP contribution in [0.25, 0.3) is 0 Å². The first-order valence-corrected chi connectivity index (χ1v) is 3.30. The van der Waals surface area contributed by atoms with Crippen LogP contribution in [0.4, 0.5) is 13.2 Å². The van der Waals surface area contributed by atoms with Crippen molar-refractivity contribution in [3.63, 3.8) is 0 Å². The molecule has 0 unspecified atom stereocenters. The maximum Gasteiger partial charge on any atom is 0.392 e. The fraction of sp³-hybridized carbons (Fsp3) is 0.667. The highest BCUT2D eigenvalue weighted by molar-refractivity contribution is 5.75. The standard InChI is InChI=1S/C6H8F3NO3/c7-6(8,9)3(1-4(10)11)2-5(12)13/h3H,1-2H2,(H2,10,11)(H,12,13)/t3-/m0/s1. The van der Waals surface area contributed by atoms with Gasteiger partial charge in [0.1, 0.15) is 0 Å². The van der Waals surface area contributed by atoms with Gasteiger partial charge in [0, 0.05) is 6.42 Å². The van der Waals surface area contributed by atoms with E-state index in [1.165, 1.54) is 0 Å². The summed E-state index contributed by atoms with van der Waals surface area (Å²) in [7, 11) is 0. The number of halogens is 3. The van der Waals surface area contributed by atoms with E-state index in [1.807, 2.05) is 0 Å². The number of alkyl halides is 3. The summed E-state index contributed by atoms with van der Waals surface area (Å²) in [6.45, 7) is 0. The van der Waals surface area contributed by atoms with Gasteiger partial charge in [-0.2, -0.15) is 13.2 Å². The van der Waals surface area contributed by atoms with Gasteiger partial charge >= 0.3 is 12.1 Å². The minimum atomic E-state index is -4.70. The lowest BCUT2D eigenvalue weighted by Gasteiger charge is -2.16. The smallest absolute Gasteiger partial charge is 0.392 e. The molecule has 0 aliphatic rings. The van der Waals surface area contributed by atoms with Crippen molar-refractivity contribution >= 4 is 11.9 Å². The van der Waals surface area contributed by atoms with E-state index in [0.717, 1.165) is 0 Å². The largest absolute Gasteiger partial charge is 0.481 e. The van der Waals surface area contributed by atoms with E-state index in [1.54, 1.807) is 0 Å². The van der Waals surface area contributed by atoms with E-state index in [9.17, 15) is 22.8 Å². The van der Waals surface area contributed by atoms with Crippen LogP contribution in [0, 0.1) is 5.92 Å². The number of hydrogen-bond donors (Lipinski definition) is 2. The van der Waals surface area contributed by atoms with Crippen molar-refractivity contribution in [1.29, 1.82) is 0 Å². The van der Waals surface area contributed by atoms with Crippen LogP contribution in [0.1, 0.15) is 12.8 Å². The molecule has 0 aromatic carbocycles. The zero-order valence-electron chi connectivity index (χ0n) is 6.47. The Morgan fingerprint density at radius 3 is 2.00 bits per heavy atom. The monoisotopic (exact) mass is 199 g/mol. The molecular weight excluding hydrogens is 191 g/mol. The Labute approximate surface area is 71.5 Å². The normalized spacial score (nSPS) is 13.8. The Bertz CT molecular complexity index is 198. The lowest BCUT2D eigenvalue weighted by Crippen LogP contribution is -2.30. The molecule has 4 nitrogen and oxygen atoms in total. The number of carboxylic acid groups (broad SMARTS) is 1. The van der Waals surface area contributed by atoms with Crippen LogP contribution in [0.3, 0.4) is 0 Å². The first kappa shape index (κ1) is 11.7. The summed E-state index contributed by atoms with van der Waals surface area (Å²) < 4.78 is 35.9. The molecule has 76 valence electrons. The molecule has 0 heterocycles. The third-order valence-electron chi connectivity index (χ3n) is 1.33. The summed E-state index contributed by atoms with van der Waals surface area (Å²) in [4.78, 5) is 20.2. The summed E-state index contributed by atoms with van der Waals surface area (Å²) in [6.07, 6.45) is -6.82. The third-order valence-corrected chi connectivity index (χ3v) is 1.33. The van der Waals surface area contributed by atoms with Gasteiger partial charge < -0.3 is 10.8 Å². The summed E-state index contributed by atoms with van der Waals surface area (Å²) >= 11 is 0. The highest BCUT2D eigenvalue weighted by Crippen LogP contribution is 2.31. The van der Waals surface area contributed by atoms with E-state index in [0.29, 0.717) is 0 Å². The topological polar surface area (TPSA) is 80.4 Å². The quantitative estimate of drug-likeness (QED) is 0.692. The van der Waals surface area contributed by atoms with E-state index < -0.39 is 36.8 Å². The van der Waals surface area contributed by atoms with Gasteiger partial charge in [-0.25, -0.2) is 0 Å². The number of carbonyl (C=O) groups is 2. The van der Waals surface area contributed by atoms with Gasteiger partial charge in [-0.05, 0) is 0 Å². The van der Waals surface area contributed by atoms with Crippen LogP contribution < -0.4 is 5.73 Å². The lowest BCUT2D eigenvalue weighted by molar-refractivity contribution is -0.185. The number of carbonyl (C=O) groups excluding carboxylic acids is 1. The van der Waals surface area contributed by atoms with Crippen LogP contribution in [0.2, 0.25) is 0 Å². The molecule has 1 amide bonds. The predicted molar refractivity (Wildman–Crippen MR) is 35.6 cm³/mol. The molecule has 0 aliphatic carbocycles. The van der Waals surface area contributed by atoms with Crippen molar-refractivity contribution < 1.29 is 27.9 Å². The number of carboxylic acids is 1. The molecule has 0 saturated heterocycles. The van der Waals surface area contributed by atoms with Crippen LogP contribution in [-0.4, -0.2) is 23.2 Å². The molecule has 0 fully saturated rings. The molecule has 7 heteroatoms. The highest BCUT2D eigenvalue weighted by atomic mass is 19.4. The van der Waals surface area contributed by atoms with Crippen molar-refractivity contribution in [3.8, 4) is 0 Å². The lowest BCUT2D eigenvalue weighted by atomic mass is 10.0. The Morgan fingerprint density at radius 2 is 1.77 bits per heavy atom. The molecule has 0 saturated carbocycles. The average molecular weight is 199 g/mol. The average Bonchev–Trinajstić information content (AvgIpc) is 1.81. The second kappa shape index (κ2) is 4.11. The van der Waals surface area contributed by atoms with Gasteiger partial charge in [0.05, 0.1) is 12.3 Å². The van der Waals surface area contributed by atoms with Crippen molar-refractivity contribution in [2.75, 3.05) is 0 Å². The first-order chi connectivity index (χ1) is 5.73. The Hall–Kier alpha value is -1.27. The molecule has 0 aliphatic heterocycles. The van der Waals surface area contributed by atoms with Crippen molar-refractivity contribution in [3.05, 3.63) is 0 Å². The van der Waals surface area contributed by atoms with Crippen LogP contribution in [0.5, 0.6) is 0 Å². The molecule has 1 atom stereocenters. The SMILES string of the molecule is NC(=O)C[C@@H](CC(=O)O)C(F)(F)F. The first-order valence-electron chi connectivity index (χ1n) is 3.30. The van der Waals surface area contributed by atoms with Gasteiger partial charge in [-0.1, -0.05) is 0 Å². The fourth-order valence-corrected chi connectivity index (χ4v) is 0.757. The maximum atomic E-state index is 12.0. The van der Waals surface area contributed by atoms with E-state index in [2.05, 4.69) is 5.73 Å². The molecule has 0 aromatic heterocycles. The fourth-order valence-electron chi connectivity index (χ4n) is 0.757. The van der Waals surface area contributed by atoms with Crippen molar-refractivity contribution in [1.82, 2.24) is 0 Å². The van der Waals surface area contributed by atoms with Gasteiger partial charge in [0.2, 0.25) is 5.91 Å². The molecular formula is C6H8F3NO3. The molecule has 13 heavy (non-hydrogen) atoms. The Morgan fingerprint density at radius 1 is 1.31 bits per heavy atom.